The number of para-hydroxylation sites is 1. The summed E-state index contributed by atoms with van der Waals surface area (Å²) < 4.78 is 6.82. The SMILES string of the molecule is CN(C)c1ccc(CNCCOc2ccc(-c3ccc4c(c3)N(C(=O)Nc3nc5ccccc5s3)CCC4)nc2C(=O)O)cc1. The van der Waals surface area contributed by atoms with Gasteiger partial charge < -0.3 is 20.1 Å². The van der Waals surface area contributed by atoms with Crippen molar-refractivity contribution in [2.45, 2.75) is 19.4 Å². The molecule has 0 bridgehead atoms. The zero-order chi connectivity index (χ0) is 31.3. The van der Waals surface area contributed by atoms with Crippen molar-refractivity contribution < 1.29 is 19.4 Å². The van der Waals surface area contributed by atoms with E-state index in [1.165, 1.54) is 11.3 Å². The maximum atomic E-state index is 13.4. The first kappa shape index (κ1) is 30.0. The second-order valence-electron chi connectivity index (χ2n) is 11.0. The van der Waals surface area contributed by atoms with Crippen molar-refractivity contribution in [3.8, 4) is 17.0 Å². The highest BCUT2D eigenvalue weighted by Crippen LogP contribution is 2.34. The third-order valence-electron chi connectivity index (χ3n) is 7.63. The van der Waals surface area contributed by atoms with Crippen molar-refractivity contribution in [3.63, 3.8) is 0 Å². The lowest BCUT2D eigenvalue weighted by Crippen LogP contribution is -2.38. The average molecular weight is 623 g/mol. The number of aromatic nitrogens is 2. The Kier molecular flexibility index (Phi) is 8.90. The molecule has 11 heteroatoms. The van der Waals surface area contributed by atoms with Gasteiger partial charge >= 0.3 is 12.0 Å². The number of hydrogen-bond acceptors (Lipinski definition) is 8. The smallest absolute Gasteiger partial charge is 0.358 e. The summed E-state index contributed by atoms with van der Waals surface area (Å²) in [6, 6.07) is 25.0. The summed E-state index contributed by atoms with van der Waals surface area (Å²) in [5.41, 5.74) is 5.99. The highest BCUT2D eigenvalue weighted by atomic mass is 32.1. The van der Waals surface area contributed by atoms with Crippen LogP contribution in [0.2, 0.25) is 0 Å². The van der Waals surface area contributed by atoms with Gasteiger partial charge in [-0.1, -0.05) is 47.7 Å². The molecule has 2 amide bonds. The minimum absolute atomic E-state index is 0.157. The number of nitrogens with one attached hydrogen (secondary N) is 2. The molecular formula is C34H34N6O4S. The molecule has 0 spiro atoms. The lowest BCUT2D eigenvalue weighted by molar-refractivity contribution is 0.0685. The molecule has 0 atom stereocenters. The Morgan fingerprint density at radius 2 is 1.84 bits per heavy atom. The van der Waals surface area contributed by atoms with Crippen LogP contribution in [0.25, 0.3) is 21.5 Å². The molecule has 0 radical (unpaired) electrons. The van der Waals surface area contributed by atoms with E-state index in [4.69, 9.17) is 4.74 Å². The van der Waals surface area contributed by atoms with Crippen molar-refractivity contribution in [1.29, 1.82) is 0 Å². The van der Waals surface area contributed by atoms with Crippen LogP contribution in [-0.4, -0.2) is 60.9 Å². The second-order valence-corrected chi connectivity index (χ2v) is 12.0. The van der Waals surface area contributed by atoms with Gasteiger partial charge in [0.05, 0.1) is 15.9 Å². The molecule has 2 aromatic heterocycles. The topological polar surface area (TPSA) is 120 Å². The number of rotatable bonds is 10. The van der Waals surface area contributed by atoms with Crippen LogP contribution in [0.1, 0.15) is 28.0 Å². The number of fused-ring (bicyclic) bond motifs is 2. The first-order valence-corrected chi connectivity index (χ1v) is 15.6. The Labute approximate surface area is 265 Å². The molecule has 0 saturated carbocycles. The van der Waals surface area contributed by atoms with E-state index in [-0.39, 0.29) is 24.1 Å². The van der Waals surface area contributed by atoms with Crippen LogP contribution >= 0.6 is 11.3 Å². The van der Waals surface area contributed by atoms with Crippen LogP contribution in [0.3, 0.4) is 0 Å². The minimum atomic E-state index is -1.17. The number of carboxylic acids is 1. The van der Waals surface area contributed by atoms with Gasteiger partial charge in [-0.25, -0.2) is 19.6 Å². The van der Waals surface area contributed by atoms with Crippen LogP contribution in [0.15, 0.2) is 78.9 Å². The molecule has 45 heavy (non-hydrogen) atoms. The van der Waals surface area contributed by atoms with E-state index in [0.717, 1.165) is 45.6 Å². The van der Waals surface area contributed by atoms with Crippen LogP contribution in [-0.2, 0) is 13.0 Å². The Balaban J connectivity index is 1.12. The number of hydrogen-bond donors (Lipinski definition) is 3. The zero-order valence-corrected chi connectivity index (χ0v) is 25.9. The van der Waals surface area contributed by atoms with Gasteiger partial charge in [0, 0.05) is 50.7 Å². The lowest BCUT2D eigenvalue weighted by Gasteiger charge is -2.29. The summed E-state index contributed by atoms with van der Waals surface area (Å²) in [6.45, 7) is 2.06. The largest absolute Gasteiger partial charge is 0.490 e. The molecule has 230 valence electrons. The third-order valence-corrected chi connectivity index (χ3v) is 8.58. The first-order valence-electron chi connectivity index (χ1n) is 14.8. The monoisotopic (exact) mass is 622 g/mol. The molecule has 0 saturated heterocycles. The molecule has 1 aliphatic rings. The highest BCUT2D eigenvalue weighted by molar-refractivity contribution is 7.22. The number of carbonyl (C=O) groups excluding carboxylic acids is 1. The number of thiazole rings is 1. The maximum absolute atomic E-state index is 13.4. The van der Waals surface area contributed by atoms with E-state index in [1.54, 1.807) is 17.0 Å². The summed E-state index contributed by atoms with van der Waals surface area (Å²) in [4.78, 5) is 38.3. The summed E-state index contributed by atoms with van der Waals surface area (Å²) >= 11 is 1.43. The van der Waals surface area contributed by atoms with Gasteiger partial charge in [0.15, 0.2) is 16.6 Å². The summed E-state index contributed by atoms with van der Waals surface area (Å²) in [6.07, 6.45) is 1.68. The number of benzene rings is 3. The van der Waals surface area contributed by atoms with E-state index in [1.807, 2.05) is 56.6 Å². The number of nitrogens with zero attached hydrogens (tertiary/aromatic N) is 4. The highest BCUT2D eigenvalue weighted by Gasteiger charge is 2.25. The number of anilines is 3. The van der Waals surface area contributed by atoms with E-state index in [0.29, 0.717) is 36.0 Å². The molecule has 3 heterocycles. The molecule has 0 unspecified atom stereocenters. The standard InChI is InChI=1S/C34H34N6O4S/c1-39(2)25-13-9-22(10-14-25)21-35-17-19-44-29-16-15-26(36-31(29)32(41)42)24-12-11-23-6-5-18-40(28(23)20-24)34(43)38-33-37-27-7-3-4-8-30(27)45-33/h3-4,7-16,20,35H,5-6,17-19,21H2,1-2H3,(H,41,42)(H,37,38,43). The molecule has 10 nitrogen and oxygen atoms in total. The Morgan fingerprint density at radius 3 is 2.62 bits per heavy atom. The first-order chi connectivity index (χ1) is 21.9. The number of ether oxygens (including phenoxy) is 1. The van der Waals surface area contributed by atoms with Gasteiger partial charge in [-0.3, -0.25) is 10.2 Å². The lowest BCUT2D eigenvalue weighted by atomic mass is 9.98. The predicted octanol–water partition coefficient (Wildman–Crippen LogP) is 6.28. The number of aryl methyl sites for hydroxylation is 1. The van der Waals surface area contributed by atoms with Gasteiger partial charge in [0.25, 0.3) is 0 Å². The van der Waals surface area contributed by atoms with Crippen LogP contribution in [0.5, 0.6) is 5.75 Å². The number of carbonyl (C=O) groups is 2. The number of aromatic carboxylic acids is 1. The zero-order valence-electron chi connectivity index (χ0n) is 25.1. The van der Waals surface area contributed by atoms with E-state index in [9.17, 15) is 14.7 Å². The molecular weight excluding hydrogens is 588 g/mol. The van der Waals surface area contributed by atoms with Crippen molar-refractivity contribution in [2.75, 3.05) is 48.9 Å². The predicted molar refractivity (Wildman–Crippen MR) is 179 cm³/mol. The molecule has 0 fully saturated rings. The normalized spacial score (nSPS) is 12.5. The molecule has 3 aromatic carbocycles. The fourth-order valence-electron chi connectivity index (χ4n) is 5.28. The summed E-state index contributed by atoms with van der Waals surface area (Å²) in [7, 11) is 4.01. The van der Waals surface area contributed by atoms with Crippen LogP contribution < -0.4 is 25.2 Å². The van der Waals surface area contributed by atoms with Crippen molar-refractivity contribution in [2.24, 2.45) is 0 Å². The molecule has 5 aromatic rings. The fourth-order valence-corrected chi connectivity index (χ4v) is 6.14. The van der Waals surface area contributed by atoms with Gasteiger partial charge in [-0.05, 0) is 66.4 Å². The van der Waals surface area contributed by atoms with Crippen LogP contribution in [0, 0.1) is 0 Å². The molecule has 6 rings (SSSR count). The van der Waals surface area contributed by atoms with Gasteiger partial charge in [0.2, 0.25) is 0 Å². The van der Waals surface area contributed by atoms with E-state index < -0.39 is 5.97 Å². The number of urea groups is 1. The second kappa shape index (κ2) is 13.3. The summed E-state index contributed by atoms with van der Waals surface area (Å²) in [5, 5.41) is 16.7. The van der Waals surface area contributed by atoms with Crippen LogP contribution in [0.4, 0.5) is 21.3 Å². The Bertz CT molecular complexity index is 1810. The fraction of sp³-hybridized carbons (Fsp3) is 0.235. The quantitative estimate of drug-likeness (QED) is 0.156. The number of amides is 2. The number of pyridine rings is 1. The van der Waals surface area contributed by atoms with Crippen molar-refractivity contribution in [3.05, 3.63) is 95.7 Å². The number of carboxylic acid groups (broad SMARTS) is 1. The van der Waals surface area contributed by atoms with Gasteiger partial charge in [-0.2, -0.15) is 0 Å². The third kappa shape index (κ3) is 6.89. The molecule has 3 N–H and O–H groups in total. The average Bonchev–Trinajstić information content (AvgIpc) is 3.46. The molecule has 0 aliphatic carbocycles. The summed E-state index contributed by atoms with van der Waals surface area (Å²) in [5.74, 6) is -0.964. The molecule has 1 aliphatic heterocycles. The van der Waals surface area contributed by atoms with Gasteiger partial charge in [0.1, 0.15) is 6.61 Å². The maximum Gasteiger partial charge on any atom is 0.358 e. The van der Waals surface area contributed by atoms with E-state index in [2.05, 4.69) is 49.8 Å². The Hall–Kier alpha value is -5.00. The minimum Gasteiger partial charge on any atom is -0.490 e. The van der Waals surface area contributed by atoms with Crippen molar-refractivity contribution >= 4 is 50.1 Å². The van der Waals surface area contributed by atoms with Crippen molar-refractivity contribution in [1.82, 2.24) is 15.3 Å². The van der Waals surface area contributed by atoms with Gasteiger partial charge in [-0.15, -0.1) is 0 Å². The Morgan fingerprint density at radius 1 is 1.02 bits per heavy atom. The van der Waals surface area contributed by atoms with E-state index >= 15 is 0 Å².